The maximum Gasteiger partial charge on any atom is 0.274 e. The molecule has 3 aromatic rings. The Hall–Kier alpha value is -3.08. The van der Waals surface area contributed by atoms with Gasteiger partial charge in [-0.2, -0.15) is 0 Å². The number of para-hydroxylation sites is 2. The van der Waals surface area contributed by atoms with Gasteiger partial charge in [-0.25, -0.2) is 4.98 Å². The number of fused-ring (bicyclic) bond motifs is 1. The Morgan fingerprint density at radius 3 is 2.70 bits per heavy atom. The summed E-state index contributed by atoms with van der Waals surface area (Å²) in [6, 6.07) is 14.2. The minimum absolute atomic E-state index is 0.0265. The van der Waals surface area contributed by atoms with Crippen molar-refractivity contribution in [2.24, 2.45) is 0 Å². The van der Waals surface area contributed by atoms with Crippen LogP contribution in [0.1, 0.15) is 18.2 Å². The largest absolute Gasteiger partial charge is 0.507 e. The molecular formula is C18H16N2O3. The van der Waals surface area contributed by atoms with Crippen LogP contribution in [0, 0.1) is 0 Å². The molecule has 0 radical (unpaired) electrons. The fourth-order valence-corrected chi connectivity index (χ4v) is 2.24. The highest BCUT2D eigenvalue weighted by Gasteiger charge is 2.06. The average molecular weight is 308 g/mol. The number of hydrogen-bond donors (Lipinski definition) is 2. The molecule has 116 valence electrons. The normalized spacial score (nSPS) is 11.6. The van der Waals surface area contributed by atoms with E-state index in [2.05, 4.69) is 9.97 Å². The molecule has 3 rings (SSSR count). The summed E-state index contributed by atoms with van der Waals surface area (Å²) in [6.07, 6.45) is 1.36. The number of ether oxygens (including phenoxy) is 1. The van der Waals surface area contributed by atoms with Crippen LogP contribution in [0.15, 0.2) is 53.3 Å². The lowest BCUT2D eigenvalue weighted by Gasteiger charge is -2.05. The van der Waals surface area contributed by atoms with Gasteiger partial charge < -0.3 is 14.8 Å². The zero-order valence-corrected chi connectivity index (χ0v) is 12.6. The molecule has 1 aromatic heterocycles. The third-order valence-corrected chi connectivity index (χ3v) is 3.36. The third-order valence-electron chi connectivity index (χ3n) is 3.36. The van der Waals surface area contributed by atoms with Crippen LogP contribution in [0.3, 0.4) is 0 Å². The Bertz CT molecular complexity index is 911. The molecule has 0 bridgehead atoms. The molecule has 23 heavy (non-hydrogen) atoms. The van der Waals surface area contributed by atoms with Crippen LogP contribution in [-0.2, 0) is 0 Å². The maximum absolute atomic E-state index is 12.0. The minimum Gasteiger partial charge on any atom is -0.507 e. The maximum atomic E-state index is 12.0. The first-order chi connectivity index (χ1) is 11.2. The number of nitrogens with one attached hydrogen (secondary N) is 1. The number of aromatic amines is 1. The van der Waals surface area contributed by atoms with Crippen LogP contribution in [0.25, 0.3) is 22.9 Å². The van der Waals surface area contributed by atoms with Crippen LogP contribution < -0.4 is 10.3 Å². The highest BCUT2D eigenvalue weighted by atomic mass is 16.5. The number of nitrogens with zero attached hydrogens (tertiary/aromatic N) is 1. The standard InChI is InChI=1S/C18H16N2O3/c1-2-23-13-9-7-12(8-10-13)17(21)11-16-18(22)20-15-6-4-3-5-14(15)19-16/h3-11,21H,2H2,1H3,(H,20,22)/b17-11-. The SMILES string of the molecule is CCOc1ccc(/C(O)=C/c2nc3ccccc3[nH]c2=O)cc1. The van der Waals surface area contributed by atoms with Crippen molar-refractivity contribution in [1.29, 1.82) is 0 Å². The third kappa shape index (κ3) is 3.23. The first-order valence-electron chi connectivity index (χ1n) is 7.30. The first-order valence-corrected chi connectivity index (χ1v) is 7.30. The van der Waals surface area contributed by atoms with Crippen molar-refractivity contribution < 1.29 is 9.84 Å². The molecule has 0 saturated heterocycles. The Kier molecular flexibility index (Phi) is 4.10. The summed E-state index contributed by atoms with van der Waals surface area (Å²) < 4.78 is 5.36. The van der Waals surface area contributed by atoms with Gasteiger partial charge >= 0.3 is 0 Å². The first kappa shape index (κ1) is 14.8. The number of aromatic nitrogens is 2. The average Bonchev–Trinajstić information content (AvgIpc) is 2.56. The van der Waals surface area contributed by atoms with Gasteiger partial charge in [-0.3, -0.25) is 4.79 Å². The van der Waals surface area contributed by atoms with Gasteiger partial charge in [0, 0.05) is 11.6 Å². The second-order valence-corrected chi connectivity index (χ2v) is 4.96. The Labute approximate surface area is 132 Å². The van der Waals surface area contributed by atoms with Crippen molar-refractivity contribution in [3.63, 3.8) is 0 Å². The lowest BCUT2D eigenvalue weighted by atomic mass is 10.1. The zero-order chi connectivity index (χ0) is 16.2. The van der Waals surface area contributed by atoms with Gasteiger partial charge in [0.1, 0.15) is 17.2 Å². The number of hydrogen-bond acceptors (Lipinski definition) is 4. The van der Waals surface area contributed by atoms with Crippen LogP contribution in [-0.4, -0.2) is 21.7 Å². The molecule has 5 nitrogen and oxygen atoms in total. The van der Waals surface area contributed by atoms with E-state index in [0.29, 0.717) is 23.2 Å². The van der Waals surface area contributed by atoms with Gasteiger partial charge in [0.2, 0.25) is 0 Å². The monoisotopic (exact) mass is 308 g/mol. The molecule has 0 aliphatic carbocycles. The van der Waals surface area contributed by atoms with Gasteiger partial charge in [-0.1, -0.05) is 12.1 Å². The summed E-state index contributed by atoms with van der Waals surface area (Å²) in [5, 5.41) is 10.2. The van der Waals surface area contributed by atoms with E-state index < -0.39 is 0 Å². The van der Waals surface area contributed by atoms with Crippen LogP contribution in [0.5, 0.6) is 5.75 Å². The van der Waals surface area contributed by atoms with Crippen molar-refractivity contribution >= 4 is 22.9 Å². The quantitative estimate of drug-likeness (QED) is 0.725. The summed E-state index contributed by atoms with van der Waals surface area (Å²) >= 11 is 0. The number of H-pyrrole nitrogens is 1. The van der Waals surface area contributed by atoms with Crippen molar-refractivity contribution in [2.75, 3.05) is 6.61 Å². The molecule has 0 fully saturated rings. The predicted octanol–water partition coefficient (Wildman–Crippen LogP) is 3.38. The van der Waals surface area contributed by atoms with Crippen molar-refractivity contribution in [3.05, 3.63) is 70.1 Å². The van der Waals surface area contributed by atoms with E-state index in [9.17, 15) is 9.90 Å². The fraction of sp³-hybridized carbons (Fsp3) is 0.111. The minimum atomic E-state index is -0.346. The summed E-state index contributed by atoms with van der Waals surface area (Å²) in [5.41, 5.74) is 1.73. The van der Waals surface area contributed by atoms with Gasteiger partial charge in [-0.05, 0) is 43.3 Å². The van der Waals surface area contributed by atoms with Gasteiger partial charge in [0.15, 0.2) is 0 Å². The number of rotatable bonds is 4. The van der Waals surface area contributed by atoms with Crippen molar-refractivity contribution in [1.82, 2.24) is 9.97 Å². The molecule has 0 atom stereocenters. The van der Waals surface area contributed by atoms with Crippen molar-refractivity contribution in [3.8, 4) is 5.75 Å². The van der Waals surface area contributed by atoms with Crippen molar-refractivity contribution in [2.45, 2.75) is 6.92 Å². The van der Waals surface area contributed by atoms with Crippen LogP contribution in [0.2, 0.25) is 0 Å². The topological polar surface area (TPSA) is 75.2 Å². The molecule has 2 aromatic carbocycles. The molecule has 0 spiro atoms. The molecule has 0 unspecified atom stereocenters. The van der Waals surface area contributed by atoms with Gasteiger partial charge in [-0.15, -0.1) is 0 Å². The van der Waals surface area contributed by atoms with Crippen LogP contribution >= 0.6 is 0 Å². The molecular weight excluding hydrogens is 292 g/mol. The lowest BCUT2D eigenvalue weighted by molar-refractivity contribution is 0.340. The highest BCUT2D eigenvalue weighted by Crippen LogP contribution is 2.18. The fourth-order valence-electron chi connectivity index (χ4n) is 2.24. The Morgan fingerprint density at radius 2 is 1.96 bits per heavy atom. The Morgan fingerprint density at radius 1 is 1.22 bits per heavy atom. The molecule has 2 N–H and O–H groups in total. The highest BCUT2D eigenvalue weighted by molar-refractivity contribution is 5.79. The molecule has 0 aliphatic rings. The van der Waals surface area contributed by atoms with E-state index in [0.717, 1.165) is 5.75 Å². The molecule has 0 saturated carbocycles. The van der Waals surface area contributed by atoms with Crippen LogP contribution in [0.4, 0.5) is 0 Å². The van der Waals surface area contributed by atoms with E-state index in [1.807, 2.05) is 19.1 Å². The number of benzene rings is 2. The second kappa shape index (κ2) is 6.36. The van der Waals surface area contributed by atoms with E-state index in [1.165, 1.54) is 6.08 Å². The molecule has 0 amide bonds. The lowest BCUT2D eigenvalue weighted by Crippen LogP contribution is -2.12. The van der Waals surface area contributed by atoms with E-state index in [-0.39, 0.29) is 17.0 Å². The van der Waals surface area contributed by atoms with Gasteiger partial charge in [0.05, 0.1) is 17.6 Å². The Balaban J connectivity index is 1.96. The molecule has 1 heterocycles. The summed E-state index contributed by atoms with van der Waals surface area (Å²) in [7, 11) is 0. The summed E-state index contributed by atoms with van der Waals surface area (Å²) in [6.45, 7) is 2.49. The van der Waals surface area contributed by atoms with E-state index >= 15 is 0 Å². The summed E-state index contributed by atoms with van der Waals surface area (Å²) in [4.78, 5) is 19.1. The predicted molar refractivity (Wildman–Crippen MR) is 90.5 cm³/mol. The van der Waals surface area contributed by atoms with Gasteiger partial charge in [0.25, 0.3) is 5.56 Å². The second-order valence-electron chi connectivity index (χ2n) is 4.96. The smallest absolute Gasteiger partial charge is 0.274 e. The summed E-state index contributed by atoms with van der Waals surface area (Å²) in [5.74, 6) is 0.701. The van der Waals surface area contributed by atoms with E-state index in [4.69, 9.17) is 4.74 Å². The van der Waals surface area contributed by atoms with E-state index in [1.54, 1.807) is 36.4 Å². The molecule has 5 heteroatoms. The molecule has 0 aliphatic heterocycles. The zero-order valence-electron chi connectivity index (χ0n) is 12.6. The number of aliphatic hydroxyl groups excluding tert-OH is 1. The number of aliphatic hydroxyl groups is 1.